The molecule has 1 amide bonds. The van der Waals surface area contributed by atoms with Crippen molar-refractivity contribution in [2.45, 2.75) is 20.8 Å². The van der Waals surface area contributed by atoms with E-state index < -0.39 is 5.91 Å². The number of hydrogen-bond acceptors (Lipinski definition) is 5. The lowest BCUT2D eigenvalue weighted by Gasteiger charge is -2.17. The fourth-order valence-electron chi connectivity index (χ4n) is 2.42. The number of amides is 1. The Kier molecular flexibility index (Phi) is 7.45. The van der Waals surface area contributed by atoms with Gasteiger partial charge in [-0.1, -0.05) is 23.2 Å². The number of ether oxygens (including phenoxy) is 3. The lowest BCUT2D eigenvalue weighted by molar-refractivity contribution is 0.102. The van der Waals surface area contributed by atoms with E-state index in [1.54, 1.807) is 12.1 Å². The average molecular weight is 413 g/mol. The maximum Gasteiger partial charge on any atom is 0.256 e. The molecule has 0 aliphatic rings. The standard InChI is InChI=1S/C19H22Cl2N2O4/c1-4-25-15-7-11(8-16(26-5-2)18(15)27-6-3)19(24)23-17-13(20)9-12(22)10-14(17)21/h7-10H,4-6,22H2,1-3H3,(H,23,24). The molecule has 27 heavy (non-hydrogen) atoms. The van der Waals surface area contributed by atoms with Gasteiger partial charge in [-0.25, -0.2) is 0 Å². The minimum Gasteiger partial charge on any atom is -0.490 e. The molecule has 0 saturated carbocycles. The first-order chi connectivity index (χ1) is 12.9. The largest absolute Gasteiger partial charge is 0.490 e. The van der Waals surface area contributed by atoms with Gasteiger partial charge in [0.2, 0.25) is 5.75 Å². The Labute approximate surface area is 168 Å². The number of carbonyl (C=O) groups is 1. The van der Waals surface area contributed by atoms with Crippen LogP contribution in [0.15, 0.2) is 24.3 Å². The molecule has 6 nitrogen and oxygen atoms in total. The summed E-state index contributed by atoms with van der Waals surface area (Å²) in [5, 5.41) is 3.19. The third kappa shape index (κ3) is 5.11. The van der Waals surface area contributed by atoms with Crippen LogP contribution in [0.4, 0.5) is 11.4 Å². The first kappa shape index (κ1) is 21.0. The molecule has 3 N–H and O–H groups in total. The molecule has 0 aliphatic heterocycles. The number of rotatable bonds is 8. The zero-order chi connectivity index (χ0) is 20.0. The Balaban J connectivity index is 2.43. The predicted molar refractivity (Wildman–Crippen MR) is 109 cm³/mol. The highest BCUT2D eigenvalue weighted by Gasteiger charge is 2.20. The van der Waals surface area contributed by atoms with Crippen LogP contribution in [0.1, 0.15) is 31.1 Å². The van der Waals surface area contributed by atoms with Crippen LogP contribution in [0.2, 0.25) is 10.0 Å². The minimum atomic E-state index is -0.423. The van der Waals surface area contributed by atoms with Crippen molar-refractivity contribution in [1.82, 2.24) is 0 Å². The van der Waals surface area contributed by atoms with Gasteiger partial charge in [0.15, 0.2) is 11.5 Å². The predicted octanol–water partition coefficient (Wildman–Crippen LogP) is 5.02. The van der Waals surface area contributed by atoms with Gasteiger partial charge in [-0.3, -0.25) is 4.79 Å². The molecule has 2 aromatic rings. The molecule has 2 rings (SSSR count). The summed E-state index contributed by atoms with van der Waals surface area (Å²) in [6, 6.07) is 6.20. The van der Waals surface area contributed by atoms with Crippen LogP contribution in [0, 0.1) is 0 Å². The van der Waals surface area contributed by atoms with Gasteiger partial charge in [-0.15, -0.1) is 0 Å². The van der Waals surface area contributed by atoms with Crippen LogP contribution in [-0.4, -0.2) is 25.7 Å². The zero-order valence-corrected chi connectivity index (χ0v) is 16.9. The van der Waals surface area contributed by atoms with E-state index in [0.717, 1.165) is 0 Å². The average Bonchev–Trinajstić information content (AvgIpc) is 2.60. The Morgan fingerprint density at radius 3 is 1.85 bits per heavy atom. The van der Waals surface area contributed by atoms with Crippen molar-refractivity contribution in [1.29, 1.82) is 0 Å². The van der Waals surface area contributed by atoms with Gasteiger partial charge in [0.1, 0.15) is 0 Å². The first-order valence-electron chi connectivity index (χ1n) is 8.53. The Bertz CT molecular complexity index is 777. The van der Waals surface area contributed by atoms with Crippen molar-refractivity contribution in [3.8, 4) is 17.2 Å². The molecule has 0 radical (unpaired) electrons. The molecule has 8 heteroatoms. The topological polar surface area (TPSA) is 82.8 Å². The van der Waals surface area contributed by atoms with Crippen LogP contribution in [0.25, 0.3) is 0 Å². The van der Waals surface area contributed by atoms with Gasteiger partial charge in [-0.05, 0) is 45.0 Å². The van der Waals surface area contributed by atoms with Gasteiger partial charge in [0, 0.05) is 11.3 Å². The Morgan fingerprint density at radius 1 is 0.926 bits per heavy atom. The van der Waals surface area contributed by atoms with Gasteiger partial charge in [-0.2, -0.15) is 0 Å². The van der Waals surface area contributed by atoms with Gasteiger partial charge in [0.25, 0.3) is 5.91 Å². The number of hydrogen-bond donors (Lipinski definition) is 2. The molecule has 0 heterocycles. The third-order valence-electron chi connectivity index (χ3n) is 3.47. The Morgan fingerprint density at radius 2 is 1.41 bits per heavy atom. The summed E-state index contributed by atoms with van der Waals surface area (Å²) in [5.41, 5.74) is 6.69. The van der Waals surface area contributed by atoms with Crippen molar-refractivity contribution in [2.75, 3.05) is 30.9 Å². The lowest BCUT2D eigenvalue weighted by Crippen LogP contribution is -2.14. The van der Waals surface area contributed by atoms with Gasteiger partial charge in [0.05, 0.1) is 35.6 Å². The number of halogens is 2. The SMILES string of the molecule is CCOc1cc(C(=O)Nc2c(Cl)cc(N)cc2Cl)cc(OCC)c1OCC. The monoisotopic (exact) mass is 412 g/mol. The van der Waals surface area contributed by atoms with E-state index in [0.29, 0.717) is 48.3 Å². The van der Waals surface area contributed by atoms with E-state index in [-0.39, 0.29) is 15.7 Å². The van der Waals surface area contributed by atoms with Crippen LogP contribution in [-0.2, 0) is 0 Å². The second-order valence-corrected chi connectivity index (χ2v) is 6.23. The van der Waals surface area contributed by atoms with E-state index in [2.05, 4.69) is 5.32 Å². The van der Waals surface area contributed by atoms with Crippen molar-refractivity contribution in [3.63, 3.8) is 0 Å². The fraction of sp³-hybridized carbons (Fsp3) is 0.316. The summed E-state index contributed by atoms with van der Waals surface area (Å²) >= 11 is 12.3. The molecular formula is C19H22Cl2N2O4. The van der Waals surface area contributed by atoms with E-state index in [4.69, 9.17) is 43.1 Å². The second-order valence-electron chi connectivity index (χ2n) is 5.41. The molecular weight excluding hydrogens is 391 g/mol. The number of nitrogen functional groups attached to an aromatic ring is 1. The van der Waals surface area contributed by atoms with Crippen molar-refractivity contribution >= 4 is 40.5 Å². The first-order valence-corrected chi connectivity index (χ1v) is 9.29. The summed E-state index contributed by atoms with van der Waals surface area (Å²) in [4.78, 5) is 12.8. The molecule has 0 aromatic heterocycles. The highest BCUT2D eigenvalue weighted by atomic mass is 35.5. The molecule has 0 unspecified atom stereocenters. The molecule has 0 bridgehead atoms. The van der Waals surface area contributed by atoms with Crippen LogP contribution in [0.3, 0.4) is 0 Å². The smallest absolute Gasteiger partial charge is 0.256 e. The summed E-state index contributed by atoms with van der Waals surface area (Å²) in [5.74, 6) is 0.879. The number of nitrogens with two attached hydrogens (primary N) is 1. The van der Waals surface area contributed by atoms with Gasteiger partial charge < -0.3 is 25.3 Å². The summed E-state index contributed by atoms with van der Waals surface area (Å²) in [7, 11) is 0. The number of anilines is 2. The third-order valence-corrected chi connectivity index (χ3v) is 4.07. The highest BCUT2D eigenvalue weighted by molar-refractivity contribution is 6.40. The van der Waals surface area contributed by atoms with Crippen LogP contribution in [0.5, 0.6) is 17.2 Å². The zero-order valence-electron chi connectivity index (χ0n) is 15.4. The molecule has 0 aliphatic carbocycles. The maximum absolute atomic E-state index is 12.8. The molecule has 0 fully saturated rings. The lowest BCUT2D eigenvalue weighted by atomic mass is 10.1. The number of carbonyl (C=O) groups excluding carboxylic acids is 1. The molecule has 0 spiro atoms. The van der Waals surface area contributed by atoms with Crippen molar-refractivity contribution in [3.05, 3.63) is 39.9 Å². The molecule has 0 atom stereocenters. The van der Waals surface area contributed by atoms with E-state index >= 15 is 0 Å². The summed E-state index contributed by atoms with van der Waals surface area (Å²) in [6.07, 6.45) is 0. The van der Waals surface area contributed by atoms with E-state index in [9.17, 15) is 4.79 Å². The van der Waals surface area contributed by atoms with Crippen LogP contribution < -0.4 is 25.3 Å². The number of benzene rings is 2. The summed E-state index contributed by atoms with van der Waals surface area (Å²) in [6.45, 7) is 6.80. The summed E-state index contributed by atoms with van der Waals surface area (Å²) < 4.78 is 16.9. The fourth-order valence-corrected chi connectivity index (χ4v) is 3.02. The van der Waals surface area contributed by atoms with Gasteiger partial charge >= 0.3 is 0 Å². The molecule has 146 valence electrons. The second kappa shape index (κ2) is 9.58. The molecule has 0 saturated heterocycles. The maximum atomic E-state index is 12.8. The molecule has 2 aromatic carbocycles. The highest BCUT2D eigenvalue weighted by Crippen LogP contribution is 2.40. The van der Waals surface area contributed by atoms with E-state index in [1.165, 1.54) is 12.1 Å². The quantitative estimate of drug-likeness (QED) is 0.594. The van der Waals surface area contributed by atoms with Crippen molar-refractivity contribution < 1.29 is 19.0 Å². The minimum absolute atomic E-state index is 0.245. The number of nitrogens with one attached hydrogen (secondary N) is 1. The Hall–Kier alpha value is -2.31. The van der Waals surface area contributed by atoms with Crippen molar-refractivity contribution in [2.24, 2.45) is 0 Å². The van der Waals surface area contributed by atoms with E-state index in [1.807, 2.05) is 20.8 Å². The normalized spacial score (nSPS) is 10.4. The van der Waals surface area contributed by atoms with Crippen LogP contribution >= 0.6 is 23.2 Å².